The zero-order valence-electron chi connectivity index (χ0n) is 22.2. The molecule has 8 nitrogen and oxygen atoms in total. The normalized spacial score (nSPS) is 16.4. The summed E-state index contributed by atoms with van der Waals surface area (Å²) < 4.78 is 21.8. The van der Waals surface area contributed by atoms with Crippen LogP contribution in [-0.2, 0) is 20.9 Å². The van der Waals surface area contributed by atoms with E-state index in [1.54, 1.807) is 24.3 Å². The Kier molecular flexibility index (Phi) is 8.79. The molecule has 3 aromatic rings. The molecular weight excluding hydrogens is 522 g/mol. The van der Waals surface area contributed by atoms with Crippen molar-refractivity contribution in [1.82, 2.24) is 4.90 Å². The lowest BCUT2D eigenvalue weighted by molar-refractivity contribution is -0.140. The average Bonchev–Trinajstić information content (AvgIpc) is 3.20. The number of rotatable bonds is 10. The number of aliphatic hydroxyl groups is 1. The van der Waals surface area contributed by atoms with Crippen molar-refractivity contribution in [2.75, 3.05) is 34.5 Å². The second kappa shape index (κ2) is 12.2. The zero-order chi connectivity index (χ0) is 28.1. The van der Waals surface area contributed by atoms with E-state index in [0.717, 1.165) is 5.56 Å². The van der Waals surface area contributed by atoms with Crippen LogP contribution in [0.25, 0.3) is 5.76 Å². The van der Waals surface area contributed by atoms with E-state index in [2.05, 4.69) is 0 Å². The number of amides is 1. The van der Waals surface area contributed by atoms with Crippen LogP contribution >= 0.6 is 11.6 Å². The van der Waals surface area contributed by atoms with E-state index in [9.17, 15) is 14.7 Å². The molecule has 4 rings (SSSR count). The number of hydrogen-bond donors (Lipinski definition) is 1. The fourth-order valence-corrected chi connectivity index (χ4v) is 4.68. The molecule has 0 aliphatic carbocycles. The number of nitrogens with zero attached hydrogens (tertiary/aromatic N) is 1. The summed E-state index contributed by atoms with van der Waals surface area (Å²) in [5, 5.41) is 11.6. The molecule has 1 amide bonds. The molecule has 1 unspecified atom stereocenters. The molecule has 1 N–H and O–H groups in total. The van der Waals surface area contributed by atoms with Gasteiger partial charge in [0.2, 0.25) is 0 Å². The zero-order valence-corrected chi connectivity index (χ0v) is 22.9. The van der Waals surface area contributed by atoms with Crippen molar-refractivity contribution in [2.24, 2.45) is 0 Å². The molecule has 9 heteroatoms. The number of halogens is 1. The van der Waals surface area contributed by atoms with Gasteiger partial charge >= 0.3 is 0 Å². The molecule has 1 atom stereocenters. The fraction of sp³-hybridized carbons (Fsp3) is 0.267. The van der Waals surface area contributed by atoms with E-state index >= 15 is 0 Å². The standard InChI is InChI=1S/C30H30ClNO7/c1-18-5-7-19(8-6-18)17-39-21-11-9-20(10-12-21)27-26(29(34)30(35)32(27)13-14-36-2)28(33)22-15-23(31)25(38-4)16-24(22)37-3/h5-12,15-16,27,33H,13-14,17H2,1-4H3/b28-26+. The van der Waals surface area contributed by atoms with Crippen LogP contribution in [0.1, 0.15) is 28.3 Å². The topological polar surface area (TPSA) is 94.5 Å². The summed E-state index contributed by atoms with van der Waals surface area (Å²) in [5.74, 6) is -0.769. The van der Waals surface area contributed by atoms with Gasteiger partial charge in [0, 0.05) is 19.7 Å². The quantitative estimate of drug-likeness (QED) is 0.207. The second-order valence-electron chi connectivity index (χ2n) is 9.02. The fourth-order valence-electron chi connectivity index (χ4n) is 4.43. The Labute approximate surface area is 232 Å². The summed E-state index contributed by atoms with van der Waals surface area (Å²) >= 11 is 6.32. The number of ketones is 1. The van der Waals surface area contributed by atoms with Gasteiger partial charge in [-0.25, -0.2) is 0 Å². The van der Waals surface area contributed by atoms with Gasteiger partial charge in [-0.2, -0.15) is 0 Å². The van der Waals surface area contributed by atoms with E-state index in [-0.39, 0.29) is 35.1 Å². The van der Waals surface area contributed by atoms with Crippen LogP contribution in [0, 0.1) is 6.92 Å². The number of aryl methyl sites for hydroxylation is 1. The maximum absolute atomic E-state index is 13.3. The number of carbonyl (C=O) groups is 2. The first kappa shape index (κ1) is 28.0. The molecule has 1 saturated heterocycles. The van der Waals surface area contributed by atoms with Gasteiger partial charge < -0.3 is 29.0 Å². The van der Waals surface area contributed by atoms with Crippen molar-refractivity contribution >= 4 is 29.1 Å². The van der Waals surface area contributed by atoms with Crippen LogP contribution in [-0.4, -0.2) is 56.2 Å². The summed E-state index contributed by atoms with van der Waals surface area (Å²) in [7, 11) is 4.38. The van der Waals surface area contributed by atoms with E-state index in [1.807, 2.05) is 31.2 Å². The van der Waals surface area contributed by atoms with Crippen LogP contribution in [0.15, 0.2) is 66.2 Å². The molecule has 39 heavy (non-hydrogen) atoms. The van der Waals surface area contributed by atoms with Crippen LogP contribution < -0.4 is 14.2 Å². The van der Waals surface area contributed by atoms with Gasteiger partial charge in [-0.15, -0.1) is 0 Å². The predicted molar refractivity (Wildman–Crippen MR) is 147 cm³/mol. The van der Waals surface area contributed by atoms with Gasteiger partial charge in [-0.1, -0.05) is 53.6 Å². The first-order valence-corrected chi connectivity index (χ1v) is 12.6. The number of benzene rings is 3. The largest absolute Gasteiger partial charge is 0.507 e. The number of hydrogen-bond acceptors (Lipinski definition) is 7. The summed E-state index contributed by atoms with van der Waals surface area (Å²) in [6.45, 7) is 2.77. The van der Waals surface area contributed by atoms with Crippen molar-refractivity contribution in [2.45, 2.75) is 19.6 Å². The number of aliphatic hydroxyl groups excluding tert-OH is 1. The molecule has 3 aromatic carbocycles. The number of Topliss-reactive ketones (excluding diaryl/α,β-unsaturated/α-hetero) is 1. The third-order valence-corrected chi connectivity index (χ3v) is 6.82. The molecule has 0 bridgehead atoms. The highest BCUT2D eigenvalue weighted by Gasteiger charge is 2.46. The lowest BCUT2D eigenvalue weighted by Gasteiger charge is -2.25. The maximum Gasteiger partial charge on any atom is 0.295 e. The van der Waals surface area contributed by atoms with E-state index in [0.29, 0.717) is 23.7 Å². The van der Waals surface area contributed by atoms with E-state index in [1.165, 1.54) is 43.9 Å². The maximum atomic E-state index is 13.3. The molecule has 0 radical (unpaired) electrons. The first-order chi connectivity index (χ1) is 18.8. The van der Waals surface area contributed by atoms with Gasteiger partial charge in [-0.05, 0) is 36.2 Å². The lowest BCUT2D eigenvalue weighted by atomic mass is 9.95. The number of carbonyl (C=O) groups excluding carboxylic acids is 2. The van der Waals surface area contributed by atoms with Crippen LogP contribution in [0.2, 0.25) is 5.02 Å². The minimum Gasteiger partial charge on any atom is -0.507 e. The Hall–Kier alpha value is -4.01. The van der Waals surface area contributed by atoms with Crippen molar-refractivity contribution in [3.63, 3.8) is 0 Å². The molecule has 0 aromatic heterocycles. The SMILES string of the molecule is COCCN1C(=O)C(=O)/C(=C(/O)c2cc(Cl)c(OC)cc2OC)C1c1ccc(OCc2ccc(C)cc2)cc1. The highest BCUT2D eigenvalue weighted by atomic mass is 35.5. The Morgan fingerprint density at radius 3 is 2.23 bits per heavy atom. The Morgan fingerprint density at radius 2 is 1.62 bits per heavy atom. The van der Waals surface area contributed by atoms with E-state index in [4.69, 9.17) is 30.5 Å². The van der Waals surface area contributed by atoms with E-state index < -0.39 is 23.5 Å². The highest BCUT2D eigenvalue weighted by molar-refractivity contribution is 6.46. The molecule has 1 fully saturated rings. The molecule has 1 aliphatic rings. The highest BCUT2D eigenvalue weighted by Crippen LogP contribution is 2.43. The number of ether oxygens (including phenoxy) is 4. The molecule has 0 spiro atoms. The minimum atomic E-state index is -0.864. The van der Waals surface area contributed by atoms with Crippen molar-refractivity contribution in [3.05, 3.63) is 93.5 Å². The van der Waals surface area contributed by atoms with Gasteiger partial charge in [0.05, 0.1) is 43.0 Å². The molecule has 1 heterocycles. The van der Waals surface area contributed by atoms with Crippen LogP contribution in [0.5, 0.6) is 17.2 Å². The Morgan fingerprint density at radius 1 is 0.949 bits per heavy atom. The van der Waals surface area contributed by atoms with Crippen LogP contribution in [0.3, 0.4) is 0 Å². The molecule has 0 saturated carbocycles. The molecular formula is C30H30ClNO7. The predicted octanol–water partition coefficient (Wildman–Crippen LogP) is 5.31. The number of methoxy groups -OCH3 is 3. The van der Waals surface area contributed by atoms with Gasteiger partial charge in [0.15, 0.2) is 0 Å². The second-order valence-corrected chi connectivity index (χ2v) is 9.42. The average molecular weight is 552 g/mol. The van der Waals surface area contributed by atoms with Crippen molar-refractivity contribution in [1.29, 1.82) is 0 Å². The van der Waals surface area contributed by atoms with Gasteiger partial charge in [0.1, 0.15) is 29.6 Å². The first-order valence-electron chi connectivity index (χ1n) is 12.3. The van der Waals surface area contributed by atoms with Crippen molar-refractivity contribution < 1.29 is 33.6 Å². The minimum absolute atomic E-state index is 0.0797. The van der Waals surface area contributed by atoms with Gasteiger partial charge in [0.25, 0.3) is 11.7 Å². The summed E-state index contributed by atoms with van der Waals surface area (Å²) in [6.07, 6.45) is 0. The summed E-state index contributed by atoms with van der Waals surface area (Å²) in [6, 6.07) is 17.2. The van der Waals surface area contributed by atoms with Crippen LogP contribution in [0.4, 0.5) is 0 Å². The third-order valence-electron chi connectivity index (χ3n) is 6.53. The smallest absolute Gasteiger partial charge is 0.295 e. The number of likely N-dealkylation sites (tertiary alicyclic amines) is 1. The van der Waals surface area contributed by atoms with Crippen molar-refractivity contribution in [3.8, 4) is 17.2 Å². The summed E-state index contributed by atoms with van der Waals surface area (Å²) in [4.78, 5) is 27.7. The Balaban J connectivity index is 1.73. The van der Waals surface area contributed by atoms with Gasteiger partial charge in [-0.3, -0.25) is 9.59 Å². The monoisotopic (exact) mass is 551 g/mol. The summed E-state index contributed by atoms with van der Waals surface area (Å²) in [5.41, 5.74) is 2.90. The third kappa shape index (κ3) is 5.87. The molecule has 1 aliphatic heterocycles. The Bertz CT molecular complexity index is 1380. The lowest BCUT2D eigenvalue weighted by Crippen LogP contribution is -2.32. The molecule has 204 valence electrons.